The lowest BCUT2D eigenvalue weighted by atomic mass is 10.1. The van der Waals surface area contributed by atoms with Gasteiger partial charge in [0.15, 0.2) is 0 Å². The summed E-state index contributed by atoms with van der Waals surface area (Å²) >= 11 is 12.2. The van der Waals surface area contributed by atoms with Gasteiger partial charge in [0.2, 0.25) is 21.8 Å². The van der Waals surface area contributed by atoms with Gasteiger partial charge in [-0.2, -0.15) is 0 Å². The number of anilines is 1. The summed E-state index contributed by atoms with van der Waals surface area (Å²) in [4.78, 5) is 26.9. The summed E-state index contributed by atoms with van der Waals surface area (Å²) < 4.78 is 39.7. The number of carbonyl (C=O) groups excluding carboxylic acids is 2. The molecule has 0 fully saturated rings. The Balaban J connectivity index is 2.43. The number of likely N-dealkylation sites (N-methyl/N-ethyl adjacent to an activating group) is 1. The minimum Gasteiger partial charge on any atom is -0.355 e. The van der Waals surface area contributed by atoms with E-state index in [0.717, 1.165) is 12.3 Å². The minimum atomic E-state index is -4.01. The molecule has 11 heteroatoms. The van der Waals surface area contributed by atoms with Gasteiger partial charge in [0.05, 0.1) is 11.9 Å². The Labute approximate surface area is 197 Å². The number of halogens is 3. The van der Waals surface area contributed by atoms with Crippen LogP contribution in [0.2, 0.25) is 10.0 Å². The van der Waals surface area contributed by atoms with Crippen LogP contribution in [-0.4, -0.2) is 50.5 Å². The fourth-order valence-electron chi connectivity index (χ4n) is 2.99. The molecule has 174 valence electrons. The van der Waals surface area contributed by atoms with Crippen LogP contribution in [0.5, 0.6) is 0 Å². The fourth-order valence-corrected chi connectivity index (χ4v) is 4.31. The van der Waals surface area contributed by atoms with E-state index < -0.39 is 40.2 Å². The van der Waals surface area contributed by atoms with Crippen LogP contribution in [0.1, 0.15) is 19.4 Å². The third-order valence-corrected chi connectivity index (χ3v) is 6.39. The number of amides is 2. The van der Waals surface area contributed by atoms with Crippen molar-refractivity contribution in [2.45, 2.75) is 26.4 Å². The van der Waals surface area contributed by atoms with E-state index in [-0.39, 0.29) is 17.3 Å². The Hall–Kier alpha value is -2.36. The molecule has 1 unspecified atom stereocenters. The van der Waals surface area contributed by atoms with E-state index in [0.29, 0.717) is 21.4 Å². The van der Waals surface area contributed by atoms with E-state index in [1.165, 1.54) is 36.1 Å². The third kappa shape index (κ3) is 6.57. The monoisotopic (exact) mass is 503 g/mol. The normalized spacial score (nSPS) is 12.2. The average molecular weight is 504 g/mol. The van der Waals surface area contributed by atoms with Crippen molar-refractivity contribution in [2.75, 3.05) is 23.7 Å². The molecule has 0 saturated heterocycles. The maximum atomic E-state index is 14.3. The highest BCUT2D eigenvalue weighted by Gasteiger charge is 2.31. The van der Waals surface area contributed by atoms with Gasteiger partial charge in [-0.25, -0.2) is 12.8 Å². The standard InChI is InChI=1S/C21H24Cl2FN3O4S/c1-4-25-21(29)14(2)26(12-15-9-10-16(22)11-17(15)23)20(28)13-27(32(3,30)31)19-8-6-5-7-18(19)24/h5-11,14H,4,12-13H2,1-3H3,(H,25,29). The summed E-state index contributed by atoms with van der Waals surface area (Å²) in [6.45, 7) is 2.81. The van der Waals surface area contributed by atoms with Crippen molar-refractivity contribution in [1.29, 1.82) is 0 Å². The fraction of sp³-hybridized carbons (Fsp3) is 0.333. The number of sulfonamides is 1. The highest BCUT2D eigenvalue weighted by atomic mass is 35.5. The van der Waals surface area contributed by atoms with Crippen LogP contribution in [0.15, 0.2) is 42.5 Å². The number of rotatable bonds is 9. The number of para-hydroxylation sites is 1. The zero-order chi connectivity index (χ0) is 24.1. The van der Waals surface area contributed by atoms with Crippen LogP contribution in [0.3, 0.4) is 0 Å². The number of hydrogen-bond acceptors (Lipinski definition) is 4. The Kier molecular flexibility index (Phi) is 8.89. The molecule has 2 aromatic carbocycles. The Morgan fingerprint density at radius 3 is 2.38 bits per heavy atom. The molecule has 0 aromatic heterocycles. The van der Waals surface area contributed by atoms with Gasteiger partial charge < -0.3 is 10.2 Å². The quantitative estimate of drug-likeness (QED) is 0.567. The lowest BCUT2D eigenvalue weighted by Crippen LogP contribution is -2.51. The van der Waals surface area contributed by atoms with Crippen molar-refractivity contribution in [1.82, 2.24) is 10.2 Å². The predicted molar refractivity (Wildman–Crippen MR) is 124 cm³/mol. The molecule has 2 aromatic rings. The maximum absolute atomic E-state index is 14.3. The van der Waals surface area contributed by atoms with Crippen molar-refractivity contribution >= 4 is 50.7 Å². The van der Waals surface area contributed by atoms with Crippen LogP contribution in [0, 0.1) is 5.82 Å². The van der Waals surface area contributed by atoms with Gasteiger partial charge in [-0.1, -0.05) is 41.4 Å². The first-order valence-electron chi connectivity index (χ1n) is 9.69. The summed E-state index contributed by atoms with van der Waals surface area (Å²) in [5.74, 6) is -1.93. The summed E-state index contributed by atoms with van der Waals surface area (Å²) in [6, 6.07) is 8.98. The van der Waals surface area contributed by atoms with Crippen molar-refractivity contribution in [3.8, 4) is 0 Å². The molecular formula is C21H24Cl2FN3O4S. The van der Waals surface area contributed by atoms with E-state index in [4.69, 9.17) is 23.2 Å². The van der Waals surface area contributed by atoms with Crippen molar-refractivity contribution in [3.63, 3.8) is 0 Å². The van der Waals surface area contributed by atoms with Crippen molar-refractivity contribution in [3.05, 3.63) is 63.9 Å². The first kappa shape index (κ1) is 25.9. The van der Waals surface area contributed by atoms with Gasteiger partial charge in [-0.05, 0) is 43.7 Å². The van der Waals surface area contributed by atoms with Crippen molar-refractivity contribution in [2.24, 2.45) is 0 Å². The molecule has 0 radical (unpaired) electrons. The van der Waals surface area contributed by atoms with E-state index in [1.807, 2.05) is 0 Å². The number of carbonyl (C=O) groups is 2. The number of hydrogen-bond donors (Lipinski definition) is 1. The average Bonchev–Trinajstić information content (AvgIpc) is 2.71. The molecule has 0 aliphatic carbocycles. The lowest BCUT2D eigenvalue weighted by Gasteiger charge is -2.31. The predicted octanol–water partition coefficient (Wildman–Crippen LogP) is 3.45. The van der Waals surface area contributed by atoms with Gasteiger partial charge >= 0.3 is 0 Å². The summed E-state index contributed by atoms with van der Waals surface area (Å²) in [6.07, 6.45) is 0.875. The number of nitrogens with zero attached hydrogens (tertiary/aromatic N) is 2. The highest BCUT2D eigenvalue weighted by molar-refractivity contribution is 7.92. The summed E-state index contributed by atoms with van der Waals surface area (Å²) in [7, 11) is -4.01. The van der Waals surface area contributed by atoms with Gasteiger partial charge in [-0.3, -0.25) is 13.9 Å². The van der Waals surface area contributed by atoms with Crippen LogP contribution in [0.4, 0.5) is 10.1 Å². The molecular weight excluding hydrogens is 480 g/mol. The minimum absolute atomic E-state index is 0.0813. The molecule has 0 bridgehead atoms. The van der Waals surface area contributed by atoms with Crippen molar-refractivity contribution < 1.29 is 22.4 Å². The zero-order valence-corrected chi connectivity index (χ0v) is 20.1. The molecule has 2 amide bonds. The van der Waals surface area contributed by atoms with E-state index in [1.54, 1.807) is 19.1 Å². The Morgan fingerprint density at radius 2 is 1.81 bits per heavy atom. The van der Waals surface area contributed by atoms with Crippen LogP contribution < -0.4 is 9.62 Å². The molecule has 32 heavy (non-hydrogen) atoms. The van der Waals surface area contributed by atoms with E-state index in [9.17, 15) is 22.4 Å². The largest absolute Gasteiger partial charge is 0.355 e. The van der Waals surface area contributed by atoms with Crippen LogP contribution >= 0.6 is 23.2 Å². The SMILES string of the molecule is CCNC(=O)C(C)N(Cc1ccc(Cl)cc1Cl)C(=O)CN(c1ccccc1F)S(C)(=O)=O. The van der Waals surface area contributed by atoms with Gasteiger partial charge in [0, 0.05) is 23.1 Å². The first-order chi connectivity index (χ1) is 15.0. The molecule has 0 aliphatic heterocycles. The lowest BCUT2D eigenvalue weighted by molar-refractivity contribution is -0.139. The van der Waals surface area contributed by atoms with Crippen LogP contribution in [0.25, 0.3) is 0 Å². The number of nitrogens with one attached hydrogen (secondary N) is 1. The van der Waals surface area contributed by atoms with Gasteiger partial charge in [0.1, 0.15) is 18.4 Å². The molecule has 2 rings (SSSR count). The van der Waals surface area contributed by atoms with Crippen LogP contribution in [-0.2, 0) is 26.2 Å². The van der Waals surface area contributed by atoms with Gasteiger partial charge in [0.25, 0.3) is 0 Å². The first-order valence-corrected chi connectivity index (χ1v) is 12.3. The topological polar surface area (TPSA) is 86.8 Å². The summed E-state index contributed by atoms with van der Waals surface area (Å²) in [5, 5.41) is 3.32. The number of benzene rings is 2. The zero-order valence-electron chi connectivity index (χ0n) is 17.8. The second kappa shape index (κ2) is 11.0. The van der Waals surface area contributed by atoms with E-state index >= 15 is 0 Å². The second-order valence-electron chi connectivity index (χ2n) is 7.05. The van der Waals surface area contributed by atoms with Gasteiger partial charge in [-0.15, -0.1) is 0 Å². The molecule has 0 saturated carbocycles. The molecule has 7 nitrogen and oxygen atoms in total. The maximum Gasteiger partial charge on any atom is 0.244 e. The Bertz CT molecular complexity index is 1100. The highest BCUT2D eigenvalue weighted by Crippen LogP contribution is 2.25. The third-order valence-electron chi connectivity index (χ3n) is 4.67. The molecule has 0 aliphatic rings. The molecule has 0 spiro atoms. The molecule has 1 atom stereocenters. The second-order valence-corrected chi connectivity index (χ2v) is 9.80. The Morgan fingerprint density at radius 1 is 1.16 bits per heavy atom. The molecule has 1 N–H and O–H groups in total. The summed E-state index contributed by atoms with van der Waals surface area (Å²) in [5.41, 5.74) is 0.246. The smallest absolute Gasteiger partial charge is 0.244 e. The van der Waals surface area contributed by atoms with E-state index in [2.05, 4.69) is 5.32 Å². The molecule has 0 heterocycles.